The van der Waals surface area contributed by atoms with Gasteiger partial charge in [-0.05, 0) is 42.9 Å². The molecular weight excluding hydrogens is 356 g/mol. The average molecular weight is 384 g/mol. The summed E-state index contributed by atoms with van der Waals surface area (Å²) in [4.78, 5) is 26.9. The topological polar surface area (TPSA) is 76.5 Å². The van der Waals surface area contributed by atoms with Gasteiger partial charge in [-0.25, -0.2) is 4.79 Å². The molecular formula is C21H28N4O3. The maximum Gasteiger partial charge on any atom is 0.343 e. The molecule has 0 saturated heterocycles. The number of aryl methyl sites for hydroxylation is 2. The Morgan fingerprint density at radius 2 is 2.11 bits per heavy atom. The van der Waals surface area contributed by atoms with Gasteiger partial charge in [-0.2, -0.15) is 5.10 Å². The predicted octanol–water partition coefficient (Wildman–Crippen LogP) is 3.11. The zero-order chi connectivity index (χ0) is 20.3. The number of ether oxygens (including phenoxy) is 1. The van der Waals surface area contributed by atoms with Gasteiger partial charge in [0, 0.05) is 19.3 Å². The van der Waals surface area contributed by atoms with Crippen LogP contribution in [0, 0.1) is 0 Å². The Hall–Kier alpha value is -2.83. The van der Waals surface area contributed by atoms with Crippen LogP contribution in [-0.4, -0.2) is 41.4 Å². The summed E-state index contributed by atoms with van der Waals surface area (Å²) in [5.74, 6) is 0.163. The van der Waals surface area contributed by atoms with Crippen molar-refractivity contribution in [3.63, 3.8) is 0 Å². The van der Waals surface area contributed by atoms with Gasteiger partial charge in [0.2, 0.25) is 5.91 Å². The van der Waals surface area contributed by atoms with Crippen molar-refractivity contribution in [2.75, 3.05) is 29.9 Å². The van der Waals surface area contributed by atoms with E-state index in [0.29, 0.717) is 11.7 Å². The lowest BCUT2D eigenvalue weighted by Crippen LogP contribution is -2.37. The minimum atomic E-state index is -0.490. The molecule has 28 heavy (non-hydrogen) atoms. The van der Waals surface area contributed by atoms with Crippen molar-refractivity contribution in [1.82, 2.24) is 9.78 Å². The molecule has 0 atom stereocenters. The molecule has 0 bridgehead atoms. The van der Waals surface area contributed by atoms with Crippen LogP contribution in [0.4, 0.5) is 11.5 Å². The maximum atomic E-state index is 12.7. The largest absolute Gasteiger partial charge is 0.462 e. The van der Waals surface area contributed by atoms with Crippen molar-refractivity contribution in [1.29, 1.82) is 0 Å². The minimum absolute atomic E-state index is 0.185. The number of esters is 1. The lowest BCUT2D eigenvalue weighted by molar-refractivity contribution is -0.115. The summed E-state index contributed by atoms with van der Waals surface area (Å²) in [6.07, 6.45) is 3.46. The Labute approximate surface area is 165 Å². The van der Waals surface area contributed by atoms with E-state index in [0.717, 1.165) is 25.1 Å². The van der Waals surface area contributed by atoms with Gasteiger partial charge in [0.05, 0.1) is 19.3 Å². The molecule has 0 aliphatic carbocycles. The standard InChI is InChI=1S/C21H28N4O3/c1-5-28-21(27)17-12-22-24(4)20(17)23-19(26)13-25-10-6-7-16-11-15(14(2)3)8-9-18(16)25/h8-9,11-12,14H,5-7,10,13H2,1-4H3,(H,23,26). The highest BCUT2D eigenvalue weighted by atomic mass is 16.5. The number of hydrogen-bond donors (Lipinski definition) is 1. The van der Waals surface area contributed by atoms with E-state index in [9.17, 15) is 9.59 Å². The Kier molecular flexibility index (Phi) is 6.02. The van der Waals surface area contributed by atoms with Crippen molar-refractivity contribution in [2.24, 2.45) is 7.05 Å². The first-order chi connectivity index (χ1) is 13.4. The van der Waals surface area contributed by atoms with Gasteiger partial charge in [-0.3, -0.25) is 9.48 Å². The van der Waals surface area contributed by atoms with Gasteiger partial charge in [-0.1, -0.05) is 26.0 Å². The fraction of sp³-hybridized carbons (Fsp3) is 0.476. The fourth-order valence-electron chi connectivity index (χ4n) is 3.51. The third-order valence-electron chi connectivity index (χ3n) is 5.01. The van der Waals surface area contributed by atoms with E-state index < -0.39 is 5.97 Å². The first-order valence-electron chi connectivity index (χ1n) is 9.77. The quantitative estimate of drug-likeness (QED) is 0.775. The minimum Gasteiger partial charge on any atom is -0.462 e. The predicted molar refractivity (Wildman–Crippen MR) is 109 cm³/mol. The third kappa shape index (κ3) is 4.18. The first-order valence-corrected chi connectivity index (χ1v) is 9.77. The first kappa shape index (κ1) is 19.9. The SMILES string of the molecule is CCOC(=O)c1cnn(C)c1NC(=O)CN1CCCc2cc(C(C)C)ccc21. The number of nitrogens with one attached hydrogen (secondary N) is 1. The third-order valence-corrected chi connectivity index (χ3v) is 5.01. The van der Waals surface area contributed by atoms with Crippen molar-refractivity contribution in [2.45, 2.75) is 39.5 Å². The van der Waals surface area contributed by atoms with Crippen LogP contribution < -0.4 is 10.2 Å². The number of rotatable bonds is 6. The molecule has 7 nitrogen and oxygen atoms in total. The van der Waals surface area contributed by atoms with Gasteiger partial charge >= 0.3 is 5.97 Å². The Morgan fingerprint density at radius 3 is 2.82 bits per heavy atom. The van der Waals surface area contributed by atoms with Gasteiger partial charge in [0.1, 0.15) is 11.4 Å². The summed E-state index contributed by atoms with van der Waals surface area (Å²) in [5, 5.41) is 6.89. The molecule has 2 heterocycles. The van der Waals surface area contributed by atoms with Crippen LogP contribution in [0.3, 0.4) is 0 Å². The number of aromatic nitrogens is 2. The number of carbonyl (C=O) groups is 2. The highest BCUT2D eigenvalue weighted by molar-refractivity contribution is 6.01. The number of amides is 1. The van der Waals surface area contributed by atoms with E-state index in [4.69, 9.17) is 4.74 Å². The van der Waals surface area contributed by atoms with Crippen molar-refractivity contribution in [3.05, 3.63) is 41.1 Å². The van der Waals surface area contributed by atoms with E-state index in [-0.39, 0.29) is 24.6 Å². The molecule has 1 N–H and O–H groups in total. The van der Waals surface area contributed by atoms with E-state index in [1.807, 2.05) is 0 Å². The summed E-state index contributed by atoms with van der Waals surface area (Å²) in [7, 11) is 1.68. The van der Waals surface area contributed by atoms with E-state index >= 15 is 0 Å². The van der Waals surface area contributed by atoms with Crippen molar-refractivity contribution >= 4 is 23.4 Å². The number of nitrogens with zero attached hydrogens (tertiary/aromatic N) is 3. The van der Waals surface area contributed by atoms with Crippen LogP contribution in [0.15, 0.2) is 24.4 Å². The summed E-state index contributed by atoms with van der Waals surface area (Å²) in [5.41, 5.74) is 3.98. The number of anilines is 2. The molecule has 2 aromatic rings. The Bertz CT molecular complexity index is 873. The van der Waals surface area contributed by atoms with Gasteiger partial charge in [0.25, 0.3) is 0 Å². The van der Waals surface area contributed by atoms with Gasteiger partial charge in [0.15, 0.2) is 0 Å². The second-order valence-corrected chi connectivity index (χ2v) is 7.37. The molecule has 1 amide bonds. The summed E-state index contributed by atoms with van der Waals surface area (Å²) < 4.78 is 6.51. The van der Waals surface area contributed by atoms with Crippen LogP contribution in [0.1, 0.15) is 54.6 Å². The van der Waals surface area contributed by atoms with E-state index in [2.05, 4.69) is 47.4 Å². The number of fused-ring (bicyclic) bond motifs is 1. The van der Waals surface area contributed by atoms with E-state index in [1.54, 1.807) is 14.0 Å². The van der Waals surface area contributed by atoms with Gasteiger partial charge < -0.3 is 15.0 Å². The van der Waals surface area contributed by atoms with Crippen LogP contribution in [-0.2, 0) is 23.0 Å². The molecule has 150 valence electrons. The van der Waals surface area contributed by atoms with Crippen LogP contribution >= 0.6 is 0 Å². The molecule has 7 heteroatoms. The lowest BCUT2D eigenvalue weighted by atomic mass is 9.95. The maximum absolute atomic E-state index is 12.7. The molecule has 1 aliphatic rings. The summed E-state index contributed by atoms with van der Waals surface area (Å²) >= 11 is 0. The molecule has 0 saturated carbocycles. The monoisotopic (exact) mass is 384 g/mol. The van der Waals surface area contributed by atoms with Crippen molar-refractivity contribution < 1.29 is 14.3 Å². The second-order valence-electron chi connectivity index (χ2n) is 7.37. The van der Waals surface area contributed by atoms with Crippen LogP contribution in [0.5, 0.6) is 0 Å². The molecule has 0 fully saturated rings. The molecule has 1 aromatic carbocycles. The number of benzene rings is 1. The van der Waals surface area contributed by atoms with Crippen LogP contribution in [0.25, 0.3) is 0 Å². The summed E-state index contributed by atoms with van der Waals surface area (Å²) in [6, 6.07) is 6.51. The van der Waals surface area contributed by atoms with E-state index in [1.165, 1.54) is 22.0 Å². The molecule has 1 aliphatic heterocycles. The number of carbonyl (C=O) groups excluding carboxylic acids is 2. The molecule has 1 aromatic heterocycles. The average Bonchev–Trinajstić information content (AvgIpc) is 3.02. The summed E-state index contributed by atoms with van der Waals surface area (Å²) in [6.45, 7) is 7.43. The highest BCUT2D eigenvalue weighted by Gasteiger charge is 2.23. The highest BCUT2D eigenvalue weighted by Crippen LogP contribution is 2.30. The zero-order valence-electron chi connectivity index (χ0n) is 17.0. The normalized spacial score (nSPS) is 13.4. The molecule has 0 unspecified atom stereocenters. The molecule has 3 rings (SSSR count). The zero-order valence-corrected chi connectivity index (χ0v) is 17.0. The van der Waals surface area contributed by atoms with Crippen LogP contribution in [0.2, 0.25) is 0 Å². The van der Waals surface area contributed by atoms with Gasteiger partial charge in [-0.15, -0.1) is 0 Å². The van der Waals surface area contributed by atoms with Crippen molar-refractivity contribution in [3.8, 4) is 0 Å². The molecule has 0 radical (unpaired) electrons. The number of hydrogen-bond acceptors (Lipinski definition) is 5. The second kappa shape index (κ2) is 8.46. The smallest absolute Gasteiger partial charge is 0.343 e. The Morgan fingerprint density at radius 1 is 1.32 bits per heavy atom. The molecule has 0 spiro atoms. The fourth-order valence-corrected chi connectivity index (χ4v) is 3.51. The lowest BCUT2D eigenvalue weighted by Gasteiger charge is -2.31. The Balaban J connectivity index is 1.74.